The quantitative estimate of drug-likeness (QED) is 0.252. The van der Waals surface area contributed by atoms with Gasteiger partial charge in [-0.05, 0) is 46.7 Å². The Morgan fingerprint density at radius 1 is 1.03 bits per heavy atom. The van der Waals surface area contributed by atoms with Crippen LogP contribution in [-0.4, -0.2) is 29.1 Å². The van der Waals surface area contributed by atoms with Gasteiger partial charge in [0.1, 0.15) is 6.20 Å². The molecule has 0 atom stereocenters. The van der Waals surface area contributed by atoms with Crippen molar-refractivity contribution in [1.29, 1.82) is 0 Å². The van der Waals surface area contributed by atoms with Crippen molar-refractivity contribution in [2.45, 2.75) is 0 Å². The van der Waals surface area contributed by atoms with Crippen molar-refractivity contribution >= 4 is 28.6 Å². The van der Waals surface area contributed by atoms with Gasteiger partial charge in [0, 0.05) is 17.7 Å². The highest BCUT2D eigenvalue weighted by Crippen LogP contribution is 2.31. The van der Waals surface area contributed by atoms with Crippen molar-refractivity contribution in [3.8, 4) is 17.4 Å². The molecule has 0 spiro atoms. The molecule has 0 fully saturated rings. The van der Waals surface area contributed by atoms with Crippen LogP contribution in [0.3, 0.4) is 0 Å². The molecule has 0 aliphatic carbocycles. The number of nitro groups is 1. The molecule has 0 radical (unpaired) electrons. The summed E-state index contributed by atoms with van der Waals surface area (Å²) in [6.07, 6.45) is 2.59. The smallest absolute Gasteiger partial charge is 0.287 e. The molecular formula is C24H18N4O5. The first-order valence-corrected chi connectivity index (χ1v) is 9.82. The Hall–Kier alpha value is -4.79. The summed E-state index contributed by atoms with van der Waals surface area (Å²) < 4.78 is 11.0. The Morgan fingerprint density at radius 3 is 2.58 bits per heavy atom. The molecule has 3 aromatic carbocycles. The molecule has 9 heteroatoms. The van der Waals surface area contributed by atoms with Crippen LogP contribution in [0.5, 0.6) is 17.4 Å². The van der Waals surface area contributed by atoms with E-state index in [4.69, 9.17) is 9.47 Å². The fourth-order valence-corrected chi connectivity index (χ4v) is 3.06. The molecule has 0 aliphatic rings. The van der Waals surface area contributed by atoms with Crippen LogP contribution in [-0.2, 0) is 0 Å². The van der Waals surface area contributed by atoms with Gasteiger partial charge in [0.05, 0.1) is 18.2 Å². The summed E-state index contributed by atoms with van der Waals surface area (Å²) in [6.45, 7) is 0. The number of nitrogens with zero attached hydrogens (tertiary/aromatic N) is 3. The molecule has 1 heterocycles. The number of carbonyl (C=O) groups excluding carboxylic acids is 1. The van der Waals surface area contributed by atoms with E-state index < -0.39 is 4.92 Å². The molecule has 0 unspecified atom stereocenters. The topological polar surface area (TPSA) is 116 Å². The molecule has 0 aliphatic heterocycles. The fourth-order valence-electron chi connectivity index (χ4n) is 3.06. The van der Waals surface area contributed by atoms with Gasteiger partial charge in [0.2, 0.25) is 5.88 Å². The fraction of sp³-hybridized carbons (Fsp3) is 0.0417. The summed E-state index contributed by atoms with van der Waals surface area (Å²) in [5.41, 5.74) is 3.54. The highest BCUT2D eigenvalue weighted by molar-refractivity contribution is 5.99. The predicted octanol–water partition coefficient (Wildman–Crippen LogP) is 4.71. The predicted molar refractivity (Wildman–Crippen MR) is 123 cm³/mol. The largest absolute Gasteiger partial charge is 0.493 e. The minimum Gasteiger partial charge on any atom is -0.493 e. The Labute approximate surface area is 188 Å². The van der Waals surface area contributed by atoms with Crippen LogP contribution < -0.4 is 14.9 Å². The molecule has 4 rings (SSSR count). The number of fused-ring (bicyclic) bond motifs is 1. The van der Waals surface area contributed by atoms with Crippen LogP contribution in [0.25, 0.3) is 10.8 Å². The minimum atomic E-state index is -0.537. The van der Waals surface area contributed by atoms with E-state index in [0.717, 1.165) is 17.0 Å². The van der Waals surface area contributed by atoms with Gasteiger partial charge in [-0.2, -0.15) is 5.10 Å². The molecule has 1 amide bonds. The average Bonchev–Trinajstić information content (AvgIpc) is 2.84. The van der Waals surface area contributed by atoms with E-state index in [1.165, 1.54) is 25.5 Å². The number of methoxy groups -OCH3 is 1. The number of carbonyl (C=O) groups is 1. The SMILES string of the molecule is COc1cc(/C=N\NC(=O)c2ccc3ccccc3c2)ccc1Oc1ccc([N+](=O)[O-])cn1. The van der Waals surface area contributed by atoms with Crippen LogP contribution >= 0.6 is 0 Å². The van der Waals surface area contributed by atoms with Gasteiger partial charge in [-0.15, -0.1) is 0 Å². The van der Waals surface area contributed by atoms with Gasteiger partial charge in [-0.3, -0.25) is 14.9 Å². The Kier molecular flexibility index (Phi) is 6.21. The van der Waals surface area contributed by atoms with E-state index in [9.17, 15) is 14.9 Å². The van der Waals surface area contributed by atoms with Crippen molar-refractivity contribution in [2.75, 3.05) is 7.11 Å². The maximum atomic E-state index is 12.4. The van der Waals surface area contributed by atoms with Crippen LogP contribution in [0.15, 0.2) is 84.1 Å². The molecule has 0 saturated heterocycles. The van der Waals surface area contributed by atoms with Crippen LogP contribution in [0.1, 0.15) is 15.9 Å². The number of rotatable bonds is 7. The summed E-state index contributed by atoms with van der Waals surface area (Å²) >= 11 is 0. The number of ether oxygens (including phenoxy) is 2. The zero-order valence-electron chi connectivity index (χ0n) is 17.5. The van der Waals surface area contributed by atoms with E-state index in [1.54, 1.807) is 24.3 Å². The number of aromatic nitrogens is 1. The standard InChI is InChI=1S/C24H18N4O5/c1-32-22-12-16(6-10-21(22)33-23-11-9-20(15-25-23)28(30)31)14-26-27-24(29)19-8-7-17-4-2-3-5-18(17)13-19/h2-15H,1H3,(H,27,29)/b26-14-. The van der Waals surface area contributed by atoms with Crippen molar-refractivity contribution < 1.29 is 19.2 Å². The van der Waals surface area contributed by atoms with Gasteiger partial charge in [0.25, 0.3) is 11.6 Å². The summed E-state index contributed by atoms with van der Waals surface area (Å²) in [4.78, 5) is 26.5. The molecule has 9 nitrogen and oxygen atoms in total. The van der Waals surface area contributed by atoms with Crippen LogP contribution in [0.2, 0.25) is 0 Å². The molecule has 33 heavy (non-hydrogen) atoms. The zero-order valence-corrected chi connectivity index (χ0v) is 17.5. The number of nitrogens with one attached hydrogen (secondary N) is 1. The summed E-state index contributed by atoms with van der Waals surface area (Å²) in [5.74, 6) is 0.632. The number of benzene rings is 3. The Morgan fingerprint density at radius 2 is 1.85 bits per heavy atom. The first-order chi connectivity index (χ1) is 16.0. The molecule has 1 N–H and O–H groups in total. The van der Waals surface area contributed by atoms with Crippen molar-refractivity contribution in [2.24, 2.45) is 5.10 Å². The van der Waals surface area contributed by atoms with Gasteiger partial charge < -0.3 is 9.47 Å². The summed E-state index contributed by atoms with van der Waals surface area (Å²) in [5, 5.41) is 16.8. The van der Waals surface area contributed by atoms with E-state index in [-0.39, 0.29) is 17.5 Å². The van der Waals surface area contributed by atoms with Crippen molar-refractivity contribution in [3.05, 3.63) is 100 Å². The van der Waals surface area contributed by atoms with Gasteiger partial charge in [-0.1, -0.05) is 30.3 Å². The average molecular weight is 442 g/mol. The number of hydrogen-bond acceptors (Lipinski definition) is 7. The van der Waals surface area contributed by atoms with Crippen LogP contribution in [0.4, 0.5) is 5.69 Å². The van der Waals surface area contributed by atoms with E-state index in [2.05, 4.69) is 15.5 Å². The number of amides is 1. The second-order valence-electron chi connectivity index (χ2n) is 6.89. The summed E-state index contributed by atoms with van der Waals surface area (Å²) in [6, 6.07) is 21.0. The third kappa shape index (κ3) is 5.10. The third-order valence-corrected chi connectivity index (χ3v) is 4.73. The molecule has 0 bridgehead atoms. The Balaban J connectivity index is 1.43. The second kappa shape index (κ2) is 9.56. The highest BCUT2D eigenvalue weighted by Gasteiger charge is 2.10. The van der Waals surface area contributed by atoms with E-state index in [0.29, 0.717) is 22.6 Å². The zero-order chi connectivity index (χ0) is 23.2. The first kappa shape index (κ1) is 21.4. The maximum Gasteiger partial charge on any atom is 0.287 e. The second-order valence-corrected chi connectivity index (χ2v) is 6.89. The minimum absolute atomic E-state index is 0.133. The van der Waals surface area contributed by atoms with Crippen molar-refractivity contribution in [1.82, 2.24) is 10.4 Å². The lowest BCUT2D eigenvalue weighted by Gasteiger charge is -2.10. The molecule has 0 saturated carbocycles. The van der Waals surface area contributed by atoms with E-state index in [1.807, 2.05) is 36.4 Å². The van der Waals surface area contributed by atoms with Gasteiger partial charge >= 0.3 is 0 Å². The third-order valence-electron chi connectivity index (χ3n) is 4.73. The normalized spacial score (nSPS) is 10.8. The first-order valence-electron chi connectivity index (χ1n) is 9.82. The lowest BCUT2D eigenvalue weighted by molar-refractivity contribution is -0.385. The van der Waals surface area contributed by atoms with Gasteiger partial charge in [0.15, 0.2) is 11.5 Å². The number of pyridine rings is 1. The molecule has 4 aromatic rings. The van der Waals surface area contributed by atoms with Gasteiger partial charge in [-0.25, -0.2) is 10.4 Å². The lowest BCUT2D eigenvalue weighted by Crippen LogP contribution is -2.17. The molecule has 1 aromatic heterocycles. The maximum absolute atomic E-state index is 12.4. The Bertz CT molecular complexity index is 1350. The molecule has 164 valence electrons. The number of hydrogen-bond donors (Lipinski definition) is 1. The number of hydrazone groups is 1. The molecular weight excluding hydrogens is 424 g/mol. The lowest BCUT2D eigenvalue weighted by atomic mass is 10.1. The monoisotopic (exact) mass is 442 g/mol. The van der Waals surface area contributed by atoms with Crippen molar-refractivity contribution in [3.63, 3.8) is 0 Å². The van der Waals surface area contributed by atoms with E-state index >= 15 is 0 Å². The highest BCUT2D eigenvalue weighted by atomic mass is 16.6. The van der Waals surface area contributed by atoms with Crippen LogP contribution in [0, 0.1) is 10.1 Å². The summed E-state index contributed by atoms with van der Waals surface area (Å²) in [7, 11) is 1.48.